The van der Waals surface area contributed by atoms with Crippen molar-refractivity contribution >= 4 is 36.3 Å². The molecule has 0 aromatic carbocycles. The fourth-order valence-electron chi connectivity index (χ4n) is 1.84. The Morgan fingerprint density at radius 2 is 1.54 bits per heavy atom. The zero-order valence-corrected chi connectivity index (χ0v) is 16.0. The molecule has 0 rings (SSSR count). The minimum atomic E-state index is -1.37. The molecule has 0 aliphatic rings. The molecule has 0 fully saturated rings. The molecule has 150 valence electrons. The van der Waals surface area contributed by atoms with Crippen molar-refractivity contribution < 1.29 is 29.4 Å². The van der Waals surface area contributed by atoms with E-state index in [1.165, 1.54) is 6.92 Å². The quantitative estimate of drug-likeness (QED) is 0.196. The van der Waals surface area contributed by atoms with E-state index >= 15 is 0 Å². The third-order valence-electron chi connectivity index (χ3n) is 3.92. The van der Waals surface area contributed by atoms with E-state index in [0.717, 1.165) is 0 Å². The number of carboxylic acid groups (broad SMARTS) is 1. The van der Waals surface area contributed by atoms with Crippen LogP contribution in [0.2, 0.25) is 0 Å². The molecule has 10 nitrogen and oxygen atoms in total. The molecule has 0 bridgehead atoms. The predicted molar refractivity (Wildman–Crippen MR) is 97.5 cm³/mol. The fourth-order valence-corrected chi connectivity index (χ4v) is 2.08. The SMILES string of the molecule is CCC(C)C(N)C(=O)NC(C)C(=O)NC(CO)C(=O)NC(CS)C(=O)O. The summed E-state index contributed by atoms with van der Waals surface area (Å²) in [7, 11) is 0. The van der Waals surface area contributed by atoms with Gasteiger partial charge in [0.25, 0.3) is 0 Å². The number of rotatable bonds is 11. The normalized spacial score (nSPS) is 16.5. The lowest BCUT2D eigenvalue weighted by Gasteiger charge is -2.23. The first-order valence-electron chi connectivity index (χ1n) is 8.20. The van der Waals surface area contributed by atoms with Gasteiger partial charge in [-0.2, -0.15) is 12.6 Å². The summed E-state index contributed by atoms with van der Waals surface area (Å²) in [5.41, 5.74) is 5.78. The molecule has 0 aliphatic carbocycles. The van der Waals surface area contributed by atoms with Crippen molar-refractivity contribution in [1.29, 1.82) is 0 Å². The van der Waals surface area contributed by atoms with E-state index in [1.807, 2.05) is 6.92 Å². The first kappa shape index (κ1) is 24.1. The number of nitrogens with two attached hydrogens (primary N) is 1. The van der Waals surface area contributed by atoms with Crippen LogP contribution < -0.4 is 21.7 Å². The fraction of sp³-hybridized carbons (Fsp3) is 0.733. The van der Waals surface area contributed by atoms with E-state index in [0.29, 0.717) is 6.42 Å². The number of hydrogen-bond acceptors (Lipinski definition) is 7. The Hall–Kier alpha value is -1.85. The van der Waals surface area contributed by atoms with Crippen LogP contribution in [0.4, 0.5) is 0 Å². The van der Waals surface area contributed by atoms with Crippen LogP contribution in [0.3, 0.4) is 0 Å². The van der Waals surface area contributed by atoms with Crippen LogP contribution in [0.5, 0.6) is 0 Å². The van der Waals surface area contributed by atoms with Gasteiger partial charge in [-0.3, -0.25) is 14.4 Å². The van der Waals surface area contributed by atoms with Crippen molar-refractivity contribution in [2.45, 2.75) is 51.4 Å². The van der Waals surface area contributed by atoms with Gasteiger partial charge in [-0.1, -0.05) is 20.3 Å². The minimum absolute atomic E-state index is 0.0737. The number of carboxylic acids is 1. The number of aliphatic hydroxyl groups excluding tert-OH is 1. The molecule has 0 aromatic rings. The molecular weight excluding hydrogens is 364 g/mol. The van der Waals surface area contributed by atoms with Gasteiger partial charge >= 0.3 is 5.97 Å². The Bertz CT molecular complexity index is 518. The third kappa shape index (κ3) is 7.58. The van der Waals surface area contributed by atoms with E-state index in [9.17, 15) is 24.3 Å². The molecule has 0 saturated carbocycles. The molecule has 5 atom stereocenters. The summed E-state index contributed by atoms with van der Waals surface area (Å²) in [6, 6.07) is -4.41. The lowest BCUT2D eigenvalue weighted by molar-refractivity contribution is -0.141. The molecule has 0 aromatic heterocycles. The van der Waals surface area contributed by atoms with Gasteiger partial charge in [-0.05, 0) is 12.8 Å². The van der Waals surface area contributed by atoms with Crippen molar-refractivity contribution in [3.05, 3.63) is 0 Å². The van der Waals surface area contributed by atoms with Crippen LogP contribution in [0.1, 0.15) is 27.2 Å². The zero-order chi connectivity index (χ0) is 20.4. The van der Waals surface area contributed by atoms with Gasteiger partial charge in [0.2, 0.25) is 17.7 Å². The Labute approximate surface area is 157 Å². The van der Waals surface area contributed by atoms with E-state index < -0.39 is 54.5 Å². The summed E-state index contributed by atoms with van der Waals surface area (Å²) in [5, 5.41) is 25.0. The number of thiol groups is 1. The number of amides is 3. The zero-order valence-electron chi connectivity index (χ0n) is 15.1. The van der Waals surface area contributed by atoms with Gasteiger partial charge in [0.05, 0.1) is 12.6 Å². The van der Waals surface area contributed by atoms with Crippen molar-refractivity contribution in [1.82, 2.24) is 16.0 Å². The van der Waals surface area contributed by atoms with Gasteiger partial charge < -0.3 is 31.9 Å². The smallest absolute Gasteiger partial charge is 0.327 e. The van der Waals surface area contributed by atoms with Crippen molar-refractivity contribution in [2.24, 2.45) is 11.7 Å². The largest absolute Gasteiger partial charge is 0.480 e. The average Bonchev–Trinajstić information content (AvgIpc) is 2.61. The van der Waals surface area contributed by atoms with Crippen LogP contribution in [0, 0.1) is 5.92 Å². The van der Waals surface area contributed by atoms with Crippen molar-refractivity contribution in [2.75, 3.05) is 12.4 Å². The van der Waals surface area contributed by atoms with Crippen LogP contribution >= 0.6 is 12.6 Å². The number of aliphatic hydroxyl groups is 1. The first-order valence-corrected chi connectivity index (χ1v) is 8.83. The van der Waals surface area contributed by atoms with Crippen LogP contribution in [-0.2, 0) is 19.2 Å². The van der Waals surface area contributed by atoms with E-state index in [2.05, 4.69) is 28.6 Å². The van der Waals surface area contributed by atoms with Gasteiger partial charge in [0, 0.05) is 5.75 Å². The molecule has 0 radical (unpaired) electrons. The minimum Gasteiger partial charge on any atom is -0.480 e. The van der Waals surface area contributed by atoms with Gasteiger partial charge in [0.15, 0.2) is 0 Å². The highest BCUT2D eigenvalue weighted by Gasteiger charge is 2.28. The summed E-state index contributed by atoms with van der Waals surface area (Å²) in [6.45, 7) is 4.34. The predicted octanol–water partition coefficient (Wildman–Crippen LogP) is -2.16. The number of nitrogens with one attached hydrogen (secondary N) is 3. The number of aliphatic carboxylic acids is 1. The molecule has 0 spiro atoms. The average molecular weight is 392 g/mol. The van der Waals surface area contributed by atoms with E-state index in [1.54, 1.807) is 6.92 Å². The number of hydrogen-bond donors (Lipinski definition) is 7. The molecule has 0 saturated heterocycles. The second-order valence-electron chi connectivity index (χ2n) is 5.97. The topological polar surface area (TPSA) is 171 Å². The van der Waals surface area contributed by atoms with Gasteiger partial charge in [-0.25, -0.2) is 4.79 Å². The lowest BCUT2D eigenvalue weighted by atomic mass is 9.99. The standard InChI is InChI=1S/C15H28N4O6S/c1-4-7(2)11(16)14(23)17-8(3)12(21)18-9(5-20)13(22)19-10(6-26)15(24)25/h7-11,20,26H,4-6,16H2,1-3H3,(H,17,23)(H,18,21)(H,19,22)(H,24,25). The maximum absolute atomic E-state index is 12.1. The van der Waals surface area contributed by atoms with Gasteiger partial charge in [0.1, 0.15) is 18.1 Å². The molecule has 26 heavy (non-hydrogen) atoms. The lowest BCUT2D eigenvalue weighted by Crippen LogP contribution is -2.58. The van der Waals surface area contributed by atoms with Crippen LogP contribution in [0.25, 0.3) is 0 Å². The second kappa shape index (κ2) is 11.7. The summed E-state index contributed by atoms with van der Waals surface area (Å²) in [6.07, 6.45) is 0.692. The Morgan fingerprint density at radius 1 is 1.00 bits per heavy atom. The summed E-state index contributed by atoms with van der Waals surface area (Å²) in [5.74, 6) is -3.63. The van der Waals surface area contributed by atoms with Crippen LogP contribution in [-0.4, -0.2) is 70.4 Å². The first-order chi connectivity index (χ1) is 12.1. The van der Waals surface area contributed by atoms with E-state index in [4.69, 9.17) is 10.8 Å². The van der Waals surface area contributed by atoms with Gasteiger partial charge in [-0.15, -0.1) is 0 Å². The molecule has 3 amide bonds. The van der Waals surface area contributed by atoms with Crippen molar-refractivity contribution in [3.8, 4) is 0 Å². The summed E-state index contributed by atoms with van der Waals surface area (Å²) in [4.78, 5) is 47.0. The highest BCUT2D eigenvalue weighted by atomic mass is 32.1. The van der Waals surface area contributed by atoms with E-state index in [-0.39, 0.29) is 11.7 Å². The molecule has 0 heterocycles. The molecule has 0 aliphatic heterocycles. The molecular formula is C15H28N4O6S. The maximum atomic E-state index is 12.1. The number of carbonyl (C=O) groups is 4. The monoisotopic (exact) mass is 392 g/mol. The summed E-state index contributed by atoms with van der Waals surface area (Å²) < 4.78 is 0. The Morgan fingerprint density at radius 3 is 1.96 bits per heavy atom. The molecule has 7 N–H and O–H groups in total. The second-order valence-corrected chi connectivity index (χ2v) is 6.33. The Kier molecular flexibility index (Phi) is 10.9. The number of carbonyl (C=O) groups excluding carboxylic acids is 3. The third-order valence-corrected chi connectivity index (χ3v) is 4.29. The molecule has 5 unspecified atom stereocenters. The Balaban J connectivity index is 4.76. The molecule has 11 heteroatoms. The highest BCUT2D eigenvalue weighted by molar-refractivity contribution is 7.80. The van der Waals surface area contributed by atoms with Crippen molar-refractivity contribution in [3.63, 3.8) is 0 Å². The summed E-state index contributed by atoms with van der Waals surface area (Å²) >= 11 is 3.81. The maximum Gasteiger partial charge on any atom is 0.327 e. The van der Waals surface area contributed by atoms with Crippen LogP contribution in [0.15, 0.2) is 0 Å². The highest BCUT2D eigenvalue weighted by Crippen LogP contribution is 2.05.